The third kappa shape index (κ3) is 4.15. The number of carbonyl (C=O) groups is 1. The quantitative estimate of drug-likeness (QED) is 0.908. The maximum atomic E-state index is 12.2. The predicted molar refractivity (Wildman–Crippen MR) is 85.5 cm³/mol. The number of oxazole rings is 1. The third-order valence-corrected chi connectivity index (χ3v) is 5.32. The van der Waals surface area contributed by atoms with E-state index >= 15 is 0 Å². The minimum atomic E-state index is -0.0457. The Morgan fingerprint density at radius 3 is 2.86 bits per heavy atom. The lowest BCUT2D eigenvalue weighted by Crippen LogP contribution is -2.42. The Balaban J connectivity index is 1.80. The summed E-state index contributed by atoms with van der Waals surface area (Å²) in [5.74, 6) is 2.52. The highest BCUT2D eigenvalue weighted by Gasteiger charge is 2.29. The first-order valence-corrected chi connectivity index (χ1v) is 8.61. The van der Waals surface area contributed by atoms with Crippen molar-refractivity contribution >= 4 is 17.8 Å². The minimum Gasteiger partial charge on any atom is -0.444 e. The summed E-state index contributed by atoms with van der Waals surface area (Å²) >= 11 is 2.00. The maximum Gasteiger partial charge on any atom is 0.317 e. The summed E-state index contributed by atoms with van der Waals surface area (Å²) in [4.78, 5) is 18.3. The van der Waals surface area contributed by atoms with Crippen molar-refractivity contribution in [1.82, 2.24) is 15.2 Å². The first-order valence-electron chi connectivity index (χ1n) is 7.56. The molecule has 0 unspecified atom stereocenters. The number of nitrogens with zero attached hydrogens (tertiary/aromatic N) is 2. The highest BCUT2D eigenvalue weighted by molar-refractivity contribution is 7.99. The number of nitrogens with one attached hydrogen (secondary N) is 1. The van der Waals surface area contributed by atoms with Crippen LogP contribution >= 0.6 is 11.8 Å². The highest BCUT2D eigenvalue weighted by atomic mass is 32.2. The predicted octanol–water partition coefficient (Wildman–Crippen LogP) is 3.11. The van der Waals surface area contributed by atoms with Crippen molar-refractivity contribution in [2.75, 3.05) is 12.8 Å². The standard InChI is InChI=1S/C15H25N3O2S/c1-5-21-13-7-6-12(8-13)18(4)15(19)16-9-14-17-10(2)11(3)20-14/h12-13H,5-9H2,1-4H3,(H,16,19)/t12-,13-/m1/s1. The van der Waals surface area contributed by atoms with Crippen LogP contribution in [0.4, 0.5) is 4.79 Å². The molecule has 1 aliphatic carbocycles. The molecule has 0 radical (unpaired) electrons. The highest BCUT2D eigenvalue weighted by Crippen LogP contribution is 2.32. The van der Waals surface area contributed by atoms with Crippen LogP contribution in [0.2, 0.25) is 0 Å². The molecule has 0 saturated heterocycles. The summed E-state index contributed by atoms with van der Waals surface area (Å²) in [6, 6.07) is 0.303. The normalized spacial score (nSPS) is 21.5. The first-order chi connectivity index (χ1) is 10.0. The van der Waals surface area contributed by atoms with Crippen LogP contribution in [-0.4, -0.2) is 40.0 Å². The molecule has 1 aromatic rings. The van der Waals surface area contributed by atoms with Gasteiger partial charge in [-0.3, -0.25) is 0 Å². The SMILES string of the molecule is CCS[C@@H]1CC[C@@H](N(C)C(=O)NCc2nc(C)c(C)o2)C1. The number of urea groups is 1. The van der Waals surface area contributed by atoms with Crippen LogP contribution in [0.1, 0.15) is 43.5 Å². The molecule has 0 aromatic carbocycles. The lowest BCUT2D eigenvalue weighted by Gasteiger charge is -2.24. The van der Waals surface area contributed by atoms with E-state index in [0.29, 0.717) is 23.7 Å². The van der Waals surface area contributed by atoms with E-state index < -0.39 is 0 Å². The molecule has 1 aliphatic rings. The molecule has 1 heterocycles. The zero-order valence-electron chi connectivity index (χ0n) is 13.3. The van der Waals surface area contributed by atoms with Crippen LogP contribution < -0.4 is 5.32 Å². The minimum absolute atomic E-state index is 0.0457. The molecule has 2 rings (SSSR count). The van der Waals surface area contributed by atoms with Crippen LogP contribution in [0.5, 0.6) is 0 Å². The Kier molecular flexibility index (Phi) is 5.56. The fraction of sp³-hybridized carbons (Fsp3) is 0.733. The zero-order valence-corrected chi connectivity index (χ0v) is 14.1. The lowest BCUT2D eigenvalue weighted by molar-refractivity contribution is 0.189. The van der Waals surface area contributed by atoms with Crippen molar-refractivity contribution in [2.24, 2.45) is 0 Å². The van der Waals surface area contributed by atoms with Gasteiger partial charge < -0.3 is 14.6 Å². The molecule has 1 aromatic heterocycles. The van der Waals surface area contributed by atoms with E-state index in [4.69, 9.17) is 4.42 Å². The summed E-state index contributed by atoms with van der Waals surface area (Å²) in [5, 5.41) is 3.59. The third-order valence-electron chi connectivity index (χ3n) is 4.09. The monoisotopic (exact) mass is 311 g/mol. The fourth-order valence-corrected chi connectivity index (χ4v) is 3.85. The van der Waals surface area contributed by atoms with Crippen LogP contribution in [0.15, 0.2) is 4.42 Å². The van der Waals surface area contributed by atoms with Crippen LogP contribution in [0, 0.1) is 13.8 Å². The maximum absolute atomic E-state index is 12.2. The van der Waals surface area contributed by atoms with E-state index in [9.17, 15) is 4.79 Å². The summed E-state index contributed by atoms with van der Waals surface area (Å²) in [5.41, 5.74) is 0.878. The van der Waals surface area contributed by atoms with Gasteiger partial charge in [0.25, 0.3) is 0 Å². The zero-order chi connectivity index (χ0) is 15.4. The van der Waals surface area contributed by atoms with Crippen molar-refractivity contribution in [3.05, 3.63) is 17.3 Å². The Morgan fingerprint density at radius 2 is 2.24 bits per heavy atom. The van der Waals surface area contributed by atoms with E-state index in [1.807, 2.05) is 37.6 Å². The number of carbonyl (C=O) groups excluding carboxylic acids is 1. The second-order valence-electron chi connectivity index (χ2n) is 5.56. The molecule has 0 aliphatic heterocycles. The molecular weight excluding hydrogens is 286 g/mol. The molecule has 5 nitrogen and oxygen atoms in total. The number of hydrogen-bond donors (Lipinski definition) is 1. The molecule has 118 valence electrons. The summed E-state index contributed by atoms with van der Waals surface area (Å²) in [6.07, 6.45) is 3.40. The molecule has 1 saturated carbocycles. The van der Waals surface area contributed by atoms with E-state index in [1.165, 1.54) is 6.42 Å². The summed E-state index contributed by atoms with van der Waals surface area (Å²) in [7, 11) is 1.88. The van der Waals surface area contributed by atoms with Gasteiger partial charge in [0.2, 0.25) is 5.89 Å². The van der Waals surface area contributed by atoms with Gasteiger partial charge in [0, 0.05) is 18.3 Å². The van der Waals surface area contributed by atoms with Gasteiger partial charge in [0.05, 0.1) is 12.2 Å². The molecular formula is C15H25N3O2S. The van der Waals surface area contributed by atoms with Crippen molar-refractivity contribution in [1.29, 1.82) is 0 Å². The van der Waals surface area contributed by atoms with Gasteiger partial charge in [-0.05, 0) is 38.9 Å². The average Bonchev–Trinajstić information content (AvgIpc) is 3.03. The Labute approximate surface area is 130 Å². The molecule has 1 N–H and O–H groups in total. The Morgan fingerprint density at radius 1 is 1.48 bits per heavy atom. The summed E-state index contributed by atoms with van der Waals surface area (Å²) < 4.78 is 5.47. The molecule has 6 heteroatoms. The number of rotatable bonds is 5. The molecule has 2 amide bonds. The molecule has 0 bridgehead atoms. The van der Waals surface area contributed by atoms with Crippen molar-refractivity contribution in [2.45, 2.75) is 57.9 Å². The van der Waals surface area contributed by atoms with E-state index in [0.717, 1.165) is 30.0 Å². The Bertz CT molecular complexity index is 470. The van der Waals surface area contributed by atoms with Crippen molar-refractivity contribution in [3.63, 3.8) is 0 Å². The fourth-order valence-electron chi connectivity index (χ4n) is 2.71. The van der Waals surface area contributed by atoms with Crippen LogP contribution in [-0.2, 0) is 6.54 Å². The van der Waals surface area contributed by atoms with Crippen molar-refractivity contribution in [3.8, 4) is 0 Å². The number of thioether (sulfide) groups is 1. The largest absolute Gasteiger partial charge is 0.444 e. The van der Waals surface area contributed by atoms with Gasteiger partial charge >= 0.3 is 6.03 Å². The van der Waals surface area contributed by atoms with Crippen LogP contribution in [0.25, 0.3) is 0 Å². The molecule has 0 spiro atoms. The van der Waals surface area contributed by atoms with Gasteiger partial charge in [0.1, 0.15) is 5.76 Å². The second-order valence-corrected chi connectivity index (χ2v) is 7.14. The van der Waals surface area contributed by atoms with E-state index in [1.54, 1.807) is 0 Å². The lowest BCUT2D eigenvalue weighted by atomic mass is 10.2. The first kappa shape index (κ1) is 16.2. The smallest absolute Gasteiger partial charge is 0.317 e. The molecule has 2 atom stereocenters. The number of aryl methyl sites for hydroxylation is 2. The number of aromatic nitrogens is 1. The average molecular weight is 311 g/mol. The van der Waals surface area contributed by atoms with Gasteiger partial charge in [-0.1, -0.05) is 6.92 Å². The Hall–Kier alpha value is -1.17. The van der Waals surface area contributed by atoms with Crippen molar-refractivity contribution < 1.29 is 9.21 Å². The summed E-state index contributed by atoms with van der Waals surface area (Å²) in [6.45, 7) is 6.32. The van der Waals surface area contributed by atoms with E-state index in [-0.39, 0.29) is 6.03 Å². The van der Waals surface area contributed by atoms with Gasteiger partial charge in [-0.25, -0.2) is 9.78 Å². The van der Waals surface area contributed by atoms with Gasteiger partial charge in [0.15, 0.2) is 0 Å². The molecule has 21 heavy (non-hydrogen) atoms. The topological polar surface area (TPSA) is 58.4 Å². The van der Waals surface area contributed by atoms with Gasteiger partial charge in [-0.15, -0.1) is 0 Å². The van der Waals surface area contributed by atoms with E-state index in [2.05, 4.69) is 17.2 Å². The molecule has 1 fully saturated rings. The second kappa shape index (κ2) is 7.20. The van der Waals surface area contributed by atoms with Crippen LogP contribution in [0.3, 0.4) is 0 Å². The number of amides is 2. The number of hydrogen-bond acceptors (Lipinski definition) is 4. The van der Waals surface area contributed by atoms with Gasteiger partial charge in [-0.2, -0.15) is 11.8 Å².